The van der Waals surface area contributed by atoms with Crippen LogP contribution in [0.5, 0.6) is 0 Å². The molecule has 3 aromatic rings. The van der Waals surface area contributed by atoms with Crippen LogP contribution < -0.4 is 5.32 Å². The lowest BCUT2D eigenvalue weighted by molar-refractivity contribution is -0.140. The van der Waals surface area contributed by atoms with Crippen LogP contribution in [0.4, 0.5) is 18.0 Å². The predicted molar refractivity (Wildman–Crippen MR) is 119 cm³/mol. The number of hydrogen-bond acceptors (Lipinski definition) is 3. The first-order valence-electron chi connectivity index (χ1n) is 10.7. The number of carbonyl (C=O) groups is 2. The quantitative estimate of drug-likeness (QED) is 0.470. The Labute approximate surface area is 194 Å². The van der Waals surface area contributed by atoms with E-state index < -0.39 is 29.8 Å². The monoisotopic (exact) mass is 469 g/mol. The highest BCUT2D eigenvalue weighted by Gasteiger charge is 2.31. The predicted octanol–water partition coefficient (Wildman–Crippen LogP) is 5.63. The summed E-state index contributed by atoms with van der Waals surface area (Å²) in [5.74, 6) is -1.47. The molecule has 0 saturated carbocycles. The summed E-state index contributed by atoms with van der Waals surface area (Å²) in [6.07, 6.45) is -5.41. The first-order chi connectivity index (χ1) is 16.2. The summed E-state index contributed by atoms with van der Waals surface area (Å²) in [5, 5.41) is 11.8. The summed E-state index contributed by atoms with van der Waals surface area (Å²) in [6.45, 7) is 0.0276. The van der Waals surface area contributed by atoms with Gasteiger partial charge in [0, 0.05) is 5.92 Å². The van der Waals surface area contributed by atoms with Crippen LogP contribution in [0.25, 0.3) is 11.1 Å². The number of carboxylic acids is 1. The fourth-order valence-electron chi connectivity index (χ4n) is 4.25. The number of ether oxygens (including phenoxy) is 1. The number of aliphatic carboxylic acids is 1. The molecule has 4 rings (SSSR count). The zero-order valence-corrected chi connectivity index (χ0v) is 18.0. The number of aryl methyl sites for hydroxylation is 1. The Morgan fingerprint density at radius 3 is 2.15 bits per heavy atom. The minimum absolute atomic E-state index is 0.0276. The van der Waals surface area contributed by atoms with Gasteiger partial charge in [0.2, 0.25) is 0 Å². The number of carbonyl (C=O) groups excluding carboxylic acids is 1. The third-order valence-electron chi connectivity index (χ3n) is 5.91. The Morgan fingerprint density at radius 2 is 1.56 bits per heavy atom. The van der Waals surface area contributed by atoms with Gasteiger partial charge in [-0.3, -0.25) is 0 Å². The molecule has 0 aromatic heterocycles. The smallest absolute Gasteiger partial charge is 0.416 e. The number of carboxylic acid groups (broad SMARTS) is 1. The van der Waals surface area contributed by atoms with E-state index in [1.54, 1.807) is 0 Å². The van der Waals surface area contributed by atoms with E-state index in [9.17, 15) is 27.9 Å². The van der Waals surface area contributed by atoms with Crippen LogP contribution >= 0.6 is 0 Å². The summed E-state index contributed by atoms with van der Waals surface area (Å²) in [5.41, 5.74) is 3.71. The van der Waals surface area contributed by atoms with Crippen LogP contribution in [0.15, 0.2) is 72.8 Å². The third kappa shape index (κ3) is 5.06. The van der Waals surface area contributed by atoms with Gasteiger partial charge in [0.25, 0.3) is 0 Å². The second kappa shape index (κ2) is 9.59. The van der Waals surface area contributed by atoms with Crippen LogP contribution in [0, 0.1) is 0 Å². The largest absolute Gasteiger partial charge is 0.480 e. The van der Waals surface area contributed by atoms with E-state index >= 15 is 0 Å². The van der Waals surface area contributed by atoms with Crippen molar-refractivity contribution in [1.29, 1.82) is 0 Å². The molecular formula is C26H22F3NO4. The minimum Gasteiger partial charge on any atom is -0.480 e. The van der Waals surface area contributed by atoms with Crippen molar-refractivity contribution in [3.8, 4) is 11.1 Å². The Kier molecular flexibility index (Phi) is 6.58. The fraction of sp³-hybridized carbons (Fsp3) is 0.231. The van der Waals surface area contributed by atoms with Gasteiger partial charge in [-0.2, -0.15) is 13.2 Å². The molecule has 0 saturated heterocycles. The van der Waals surface area contributed by atoms with E-state index in [0.717, 1.165) is 34.4 Å². The molecule has 0 aliphatic heterocycles. The summed E-state index contributed by atoms with van der Waals surface area (Å²) < 4.78 is 44.1. The Morgan fingerprint density at radius 1 is 0.941 bits per heavy atom. The van der Waals surface area contributed by atoms with Crippen molar-refractivity contribution >= 4 is 12.1 Å². The Balaban J connectivity index is 1.38. The number of nitrogens with one attached hydrogen (secondary N) is 1. The van der Waals surface area contributed by atoms with Crippen molar-refractivity contribution < 1.29 is 32.6 Å². The van der Waals surface area contributed by atoms with Gasteiger partial charge in [0.15, 0.2) is 0 Å². The fourth-order valence-corrected chi connectivity index (χ4v) is 4.25. The Hall–Kier alpha value is -3.81. The molecule has 8 heteroatoms. The average Bonchev–Trinajstić information content (AvgIpc) is 3.13. The van der Waals surface area contributed by atoms with Gasteiger partial charge in [-0.05, 0) is 46.7 Å². The van der Waals surface area contributed by atoms with Crippen molar-refractivity contribution in [2.45, 2.75) is 31.0 Å². The summed E-state index contributed by atoms with van der Waals surface area (Å²) in [4.78, 5) is 24.0. The van der Waals surface area contributed by atoms with Crippen molar-refractivity contribution in [3.05, 3.63) is 95.1 Å². The van der Waals surface area contributed by atoms with Gasteiger partial charge < -0.3 is 15.2 Å². The molecule has 2 N–H and O–H groups in total. The van der Waals surface area contributed by atoms with Crippen molar-refractivity contribution in [2.24, 2.45) is 0 Å². The molecule has 176 valence electrons. The second-order valence-electron chi connectivity index (χ2n) is 8.10. The molecule has 0 fully saturated rings. The van der Waals surface area contributed by atoms with Crippen LogP contribution in [0.1, 0.15) is 34.6 Å². The van der Waals surface area contributed by atoms with E-state index in [0.29, 0.717) is 5.56 Å². The maximum atomic E-state index is 12.9. The second-order valence-corrected chi connectivity index (χ2v) is 8.10. The van der Waals surface area contributed by atoms with Crippen LogP contribution in [-0.4, -0.2) is 29.8 Å². The summed E-state index contributed by atoms with van der Waals surface area (Å²) in [6, 6.07) is 19.0. The lowest BCUT2D eigenvalue weighted by atomic mass is 9.98. The lowest BCUT2D eigenvalue weighted by Crippen LogP contribution is -2.41. The Bertz CT molecular complexity index is 1160. The molecule has 0 spiro atoms. The molecule has 3 aromatic carbocycles. The van der Waals surface area contributed by atoms with E-state index in [4.69, 9.17) is 4.74 Å². The molecule has 1 aliphatic carbocycles. The average molecular weight is 469 g/mol. The topological polar surface area (TPSA) is 75.6 Å². The molecule has 34 heavy (non-hydrogen) atoms. The first-order valence-corrected chi connectivity index (χ1v) is 10.7. The number of amides is 1. The number of hydrogen-bond donors (Lipinski definition) is 2. The standard InChI is InChI=1S/C26H22F3NO4/c27-26(28,29)17-7-5-6-16(14-17)12-13-23(24(31)32)30-25(33)34-15-22-20-10-3-1-8-18(20)19-9-2-4-11-21(19)22/h1-11,14,22-23H,12-13,15H2,(H,30,33)(H,31,32)/t23-/m1/s1. The maximum Gasteiger partial charge on any atom is 0.416 e. The van der Waals surface area contributed by atoms with Gasteiger partial charge in [-0.25, -0.2) is 9.59 Å². The molecule has 0 unspecified atom stereocenters. The zero-order chi connectivity index (χ0) is 24.3. The van der Waals surface area contributed by atoms with E-state index in [1.807, 2.05) is 48.5 Å². The minimum atomic E-state index is -4.48. The zero-order valence-electron chi connectivity index (χ0n) is 18.0. The highest BCUT2D eigenvalue weighted by atomic mass is 19.4. The van der Waals surface area contributed by atoms with Gasteiger partial charge in [-0.1, -0.05) is 66.7 Å². The lowest BCUT2D eigenvalue weighted by Gasteiger charge is -2.17. The van der Waals surface area contributed by atoms with Crippen LogP contribution in [0.3, 0.4) is 0 Å². The number of benzene rings is 3. The molecule has 1 atom stereocenters. The van der Waals surface area contributed by atoms with E-state index in [1.165, 1.54) is 12.1 Å². The number of halogens is 3. The number of rotatable bonds is 7. The van der Waals surface area contributed by atoms with Crippen LogP contribution in [0.2, 0.25) is 0 Å². The highest BCUT2D eigenvalue weighted by molar-refractivity contribution is 5.81. The van der Waals surface area contributed by atoms with Gasteiger partial charge >= 0.3 is 18.2 Å². The van der Waals surface area contributed by atoms with Crippen molar-refractivity contribution in [2.75, 3.05) is 6.61 Å². The normalized spacial score (nSPS) is 13.6. The van der Waals surface area contributed by atoms with E-state index in [-0.39, 0.29) is 25.4 Å². The number of fused-ring (bicyclic) bond motifs is 3. The maximum absolute atomic E-state index is 12.9. The summed E-state index contributed by atoms with van der Waals surface area (Å²) in [7, 11) is 0. The van der Waals surface area contributed by atoms with E-state index in [2.05, 4.69) is 5.32 Å². The first kappa shape index (κ1) is 23.4. The molecule has 0 radical (unpaired) electrons. The molecule has 1 aliphatic rings. The molecular weight excluding hydrogens is 447 g/mol. The molecule has 0 bridgehead atoms. The van der Waals surface area contributed by atoms with Crippen molar-refractivity contribution in [3.63, 3.8) is 0 Å². The summed E-state index contributed by atoms with van der Waals surface area (Å²) >= 11 is 0. The number of alkyl carbamates (subject to hydrolysis) is 1. The number of alkyl halides is 3. The van der Waals surface area contributed by atoms with Gasteiger partial charge in [-0.15, -0.1) is 0 Å². The highest BCUT2D eigenvalue weighted by Crippen LogP contribution is 2.44. The molecule has 1 amide bonds. The third-order valence-corrected chi connectivity index (χ3v) is 5.91. The molecule has 0 heterocycles. The molecule has 5 nitrogen and oxygen atoms in total. The van der Waals surface area contributed by atoms with Crippen LogP contribution in [-0.2, 0) is 22.1 Å². The SMILES string of the molecule is O=C(N[C@H](CCc1cccc(C(F)(F)F)c1)C(=O)O)OCC1c2ccccc2-c2ccccc21. The van der Waals surface area contributed by atoms with Gasteiger partial charge in [0.1, 0.15) is 12.6 Å². The van der Waals surface area contributed by atoms with Crippen molar-refractivity contribution in [1.82, 2.24) is 5.32 Å². The van der Waals surface area contributed by atoms with Gasteiger partial charge in [0.05, 0.1) is 5.56 Å².